The second-order valence-electron chi connectivity index (χ2n) is 5.36. The van der Waals surface area contributed by atoms with Gasteiger partial charge in [0.05, 0.1) is 4.75 Å². The summed E-state index contributed by atoms with van der Waals surface area (Å²) in [5.74, 6) is -1.32. The van der Waals surface area contributed by atoms with Crippen LogP contribution in [0.4, 0.5) is 17.6 Å². The van der Waals surface area contributed by atoms with Crippen molar-refractivity contribution in [1.29, 1.82) is 0 Å². The molecule has 1 saturated carbocycles. The van der Waals surface area contributed by atoms with Crippen molar-refractivity contribution in [2.45, 2.75) is 36.9 Å². The zero-order valence-electron chi connectivity index (χ0n) is 12.0. The molecule has 1 fully saturated rings. The highest BCUT2D eigenvalue weighted by Gasteiger charge is 2.40. The van der Waals surface area contributed by atoms with Crippen LogP contribution in [0.3, 0.4) is 0 Å². The summed E-state index contributed by atoms with van der Waals surface area (Å²) in [6, 6.07) is 3.32. The minimum atomic E-state index is -4.87. The maximum Gasteiger partial charge on any atom is 0.573 e. The second-order valence-corrected chi connectivity index (χ2v) is 7.13. The van der Waals surface area contributed by atoms with Gasteiger partial charge in [0.2, 0.25) is 0 Å². The fourth-order valence-corrected chi connectivity index (χ4v) is 3.65. The molecule has 124 valence electrons. The van der Waals surface area contributed by atoms with Crippen LogP contribution in [0.2, 0.25) is 0 Å². The zero-order valence-corrected chi connectivity index (χ0v) is 12.8. The highest BCUT2D eigenvalue weighted by molar-refractivity contribution is 7.85. The summed E-state index contributed by atoms with van der Waals surface area (Å²) >= 11 is 0. The fourth-order valence-electron chi connectivity index (χ4n) is 2.48. The summed E-state index contributed by atoms with van der Waals surface area (Å²) in [6.07, 6.45) is -0.688. The molecule has 0 saturated heterocycles. The lowest BCUT2D eigenvalue weighted by atomic mass is 9.84. The highest BCUT2D eigenvalue weighted by Crippen LogP contribution is 2.36. The molecule has 0 bridgehead atoms. The quantitative estimate of drug-likeness (QED) is 0.810. The lowest BCUT2D eigenvalue weighted by molar-refractivity contribution is -0.275. The Morgan fingerprint density at radius 2 is 2.05 bits per heavy atom. The number of alkyl halides is 3. The molecular weight excluding hydrogens is 322 g/mol. The average molecular weight is 339 g/mol. The van der Waals surface area contributed by atoms with Gasteiger partial charge in [-0.05, 0) is 25.0 Å². The van der Waals surface area contributed by atoms with Gasteiger partial charge in [0.1, 0.15) is 11.6 Å². The first-order valence-electron chi connectivity index (χ1n) is 6.81. The molecule has 0 aromatic heterocycles. The Morgan fingerprint density at radius 3 is 2.55 bits per heavy atom. The van der Waals surface area contributed by atoms with Crippen LogP contribution in [0.25, 0.3) is 0 Å². The Labute approximate surface area is 128 Å². The number of nitrogens with one attached hydrogen (secondary N) is 1. The number of hydrogen-bond acceptors (Lipinski definition) is 3. The van der Waals surface area contributed by atoms with Gasteiger partial charge in [-0.1, -0.05) is 12.5 Å². The topological polar surface area (TPSA) is 38.3 Å². The molecule has 0 radical (unpaired) electrons. The molecule has 22 heavy (non-hydrogen) atoms. The molecule has 1 aliphatic rings. The van der Waals surface area contributed by atoms with Crippen LogP contribution in [-0.2, 0) is 17.3 Å². The van der Waals surface area contributed by atoms with Crippen molar-refractivity contribution >= 4 is 10.8 Å². The molecule has 3 nitrogen and oxygen atoms in total. The van der Waals surface area contributed by atoms with E-state index in [1.165, 1.54) is 0 Å². The smallest absolute Gasteiger partial charge is 0.405 e. The number of hydrogen-bond donors (Lipinski definition) is 1. The first-order valence-corrected chi connectivity index (χ1v) is 8.37. The maximum absolute atomic E-state index is 13.8. The van der Waals surface area contributed by atoms with Gasteiger partial charge in [-0.25, -0.2) is 4.39 Å². The van der Waals surface area contributed by atoms with E-state index in [1.54, 1.807) is 6.26 Å². The Kier molecular flexibility index (Phi) is 5.11. The summed E-state index contributed by atoms with van der Waals surface area (Å²) < 4.78 is 66.0. The molecule has 1 unspecified atom stereocenters. The predicted octanol–water partition coefficient (Wildman–Crippen LogP) is 3.12. The number of halogens is 4. The van der Waals surface area contributed by atoms with Crippen molar-refractivity contribution in [2.75, 3.05) is 12.8 Å². The molecule has 1 aromatic carbocycles. The molecule has 1 N–H and O–H groups in total. The van der Waals surface area contributed by atoms with E-state index in [9.17, 15) is 21.8 Å². The second kappa shape index (κ2) is 6.54. The normalized spacial score (nSPS) is 18.6. The van der Waals surface area contributed by atoms with E-state index < -0.39 is 28.7 Å². The van der Waals surface area contributed by atoms with Crippen LogP contribution in [0.1, 0.15) is 24.8 Å². The van der Waals surface area contributed by atoms with Crippen molar-refractivity contribution in [3.05, 3.63) is 29.6 Å². The van der Waals surface area contributed by atoms with Gasteiger partial charge < -0.3 is 10.1 Å². The number of rotatable bonds is 6. The molecule has 8 heteroatoms. The molecule has 1 atom stereocenters. The fraction of sp³-hybridized carbons (Fsp3) is 0.571. The summed E-state index contributed by atoms with van der Waals surface area (Å²) in [6.45, 7) is 0.257. The summed E-state index contributed by atoms with van der Waals surface area (Å²) in [5, 5.41) is 2.91. The first kappa shape index (κ1) is 17.2. The monoisotopic (exact) mass is 339 g/mol. The molecule has 2 rings (SSSR count). The van der Waals surface area contributed by atoms with E-state index in [2.05, 4.69) is 10.1 Å². The van der Waals surface area contributed by atoms with Crippen LogP contribution in [0.15, 0.2) is 18.2 Å². The largest absolute Gasteiger partial charge is 0.573 e. The molecule has 1 aromatic rings. The maximum atomic E-state index is 13.8. The summed E-state index contributed by atoms with van der Waals surface area (Å²) in [4.78, 5) is 0. The third-order valence-corrected chi connectivity index (χ3v) is 5.70. The van der Waals surface area contributed by atoms with Crippen LogP contribution in [0.5, 0.6) is 5.75 Å². The van der Waals surface area contributed by atoms with E-state index in [1.807, 2.05) is 0 Å². The van der Waals surface area contributed by atoms with Crippen LogP contribution >= 0.6 is 0 Å². The lowest BCUT2D eigenvalue weighted by Crippen LogP contribution is -2.49. The van der Waals surface area contributed by atoms with Gasteiger partial charge >= 0.3 is 6.36 Å². The molecular formula is C14H17F4NO2S. The third-order valence-electron chi connectivity index (χ3n) is 3.93. The van der Waals surface area contributed by atoms with Crippen molar-refractivity contribution in [1.82, 2.24) is 5.32 Å². The average Bonchev–Trinajstić information content (AvgIpc) is 2.32. The minimum absolute atomic E-state index is 0.114. The molecule has 0 amide bonds. The van der Waals surface area contributed by atoms with E-state index in [4.69, 9.17) is 0 Å². The Balaban J connectivity index is 2.04. The Bertz CT molecular complexity index is 558. The molecule has 1 aliphatic carbocycles. The standard InChI is InChI=1S/C14H17F4NO2S/c1-22(20)13(6-3-7-13)9-19-8-10-11(15)4-2-5-12(10)21-14(16,17)18/h2,4-5,19H,3,6-9H2,1H3. The van der Waals surface area contributed by atoms with Gasteiger partial charge in [-0.3, -0.25) is 4.21 Å². The van der Waals surface area contributed by atoms with Crippen molar-refractivity contribution < 1.29 is 26.5 Å². The van der Waals surface area contributed by atoms with Gasteiger partial charge in [0.25, 0.3) is 0 Å². The highest BCUT2D eigenvalue weighted by atomic mass is 32.2. The predicted molar refractivity (Wildman–Crippen MR) is 75.4 cm³/mol. The van der Waals surface area contributed by atoms with Crippen LogP contribution in [0, 0.1) is 5.82 Å². The van der Waals surface area contributed by atoms with Gasteiger partial charge in [-0.2, -0.15) is 0 Å². The summed E-state index contributed by atoms with van der Waals surface area (Å²) in [7, 11) is -1.03. The summed E-state index contributed by atoms with van der Waals surface area (Å²) in [5.41, 5.74) is -0.184. The van der Waals surface area contributed by atoms with Gasteiger partial charge in [-0.15, -0.1) is 13.2 Å². The SMILES string of the molecule is CS(=O)C1(CNCc2c(F)cccc2OC(F)(F)F)CCC1. The zero-order chi connectivity index (χ0) is 16.4. The number of ether oxygens (including phenoxy) is 1. The van der Waals surface area contributed by atoms with Crippen molar-refractivity contribution in [3.63, 3.8) is 0 Å². The third kappa shape index (κ3) is 3.98. The Hall–Kier alpha value is -1.15. The van der Waals surface area contributed by atoms with E-state index >= 15 is 0 Å². The Morgan fingerprint density at radius 1 is 1.36 bits per heavy atom. The van der Waals surface area contributed by atoms with Gasteiger partial charge in [0.15, 0.2) is 0 Å². The van der Waals surface area contributed by atoms with Crippen LogP contribution in [-0.4, -0.2) is 28.1 Å². The van der Waals surface area contributed by atoms with Crippen LogP contribution < -0.4 is 10.1 Å². The van der Waals surface area contributed by atoms with Gasteiger partial charge in [0, 0.05) is 35.7 Å². The number of benzene rings is 1. The van der Waals surface area contributed by atoms with E-state index in [0.29, 0.717) is 6.54 Å². The first-order chi connectivity index (χ1) is 10.2. The molecule has 0 spiro atoms. The van der Waals surface area contributed by atoms with Crippen molar-refractivity contribution in [3.8, 4) is 5.75 Å². The lowest BCUT2D eigenvalue weighted by Gasteiger charge is -2.40. The minimum Gasteiger partial charge on any atom is -0.405 e. The van der Waals surface area contributed by atoms with E-state index in [-0.39, 0.29) is 16.9 Å². The molecule has 0 aliphatic heterocycles. The van der Waals surface area contributed by atoms with Crippen molar-refractivity contribution in [2.24, 2.45) is 0 Å². The van der Waals surface area contributed by atoms with E-state index in [0.717, 1.165) is 37.5 Å². The molecule has 0 heterocycles.